The highest BCUT2D eigenvalue weighted by molar-refractivity contribution is 14.2. The van der Waals surface area contributed by atoms with Gasteiger partial charge in [0.1, 0.15) is 0 Å². The van der Waals surface area contributed by atoms with E-state index in [0.717, 1.165) is 61.2 Å². The second-order valence-electron chi connectivity index (χ2n) is 8.43. The number of amides is 2. The monoisotopic (exact) mass is 608 g/mol. The van der Waals surface area contributed by atoms with E-state index in [2.05, 4.69) is 57.8 Å². The molecule has 1 atom stereocenters. The second-order valence-corrected chi connectivity index (χ2v) is 11.0. The van der Waals surface area contributed by atoms with Crippen molar-refractivity contribution >= 4 is 75.6 Å². The van der Waals surface area contributed by atoms with Gasteiger partial charge >= 0.3 is 0 Å². The van der Waals surface area contributed by atoms with Gasteiger partial charge in [0.25, 0.3) is 11.8 Å². The third-order valence-electron chi connectivity index (χ3n) is 6.35. The predicted octanol–water partition coefficient (Wildman–Crippen LogP) is 3.82. The molecule has 2 aliphatic heterocycles. The Labute approximate surface area is 218 Å². The van der Waals surface area contributed by atoms with Crippen molar-refractivity contribution in [3.63, 3.8) is 0 Å². The molecular weight excluding hydrogens is 583 g/mol. The van der Waals surface area contributed by atoms with Gasteiger partial charge in [-0.2, -0.15) is 0 Å². The van der Waals surface area contributed by atoms with Gasteiger partial charge in [-0.05, 0) is 49.6 Å². The van der Waals surface area contributed by atoms with Crippen molar-refractivity contribution in [3.05, 3.63) is 52.1 Å². The lowest BCUT2D eigenvalue weighted by Gasteiger charge is -2.35. The average Bonchev–Trinajstić information content (AvgIpc) is 3.52. The van der Waals surface area contributed by atoms with Gasteiger partial charge in [-0.25, -0.2) is 4.98 Å². The minimum atomic E-state index is -0.431. The Kier molecular flexibility index (Phi) is 7.14. The third-order valence-corrected chi connectivity index (χ3v) is 8.82. The highest BCUT2D eigenvalue weighted by Crippen LogP contribution is 2.40. The zero-order valence-corrected chi connectivity index (χ0v) is 22.2. The molecule has 2 aromatic heterocycles. The van der Waals surface area contributed by atoms with Gasteiger partial charge in [0, 0.05) is 78.7 Å². The molecule has 1 aromatic carbocycles. The van der Waals surface area contributed by atoms with E-state index in [1.54, 1.807) is 15.3 Å². The lowest BCUT2D eigenvalue weighted by atomic mass is 10.0. The number of nitrogens with zero attached hydrogens (tertiary/aromatic N) is 3. The highest BCUT2D eigenvalue weighted by Gasteiger charge is 2.27. The van der Waals surface area contributed by atoms with Crippen LogP contribution in [0.25, 0.3) is 16.5 Å². The number of rotatable bonds is 6. The lowest BCUT2D eigenvalue weighted by molar-refractivity contribution is 0.0931. The highest BCUT2D eigenvalue weighted by atomic mass is 127. The Morgan fingerprint density at radius 1 is 1.35 bits per heavy atom. The molecule has 4 heterocycles. The summed E-state index contributed by atoms with van der Waals surface area (Å²) in [4.78, 5) is 31.3. The van der Waals surface area contributed by atoms with Crippen molar-refractivity contribution in [1.29, 1.82) is 0 Å². The Bertz CT molecular complexity index is 1260. The molecular formula is C23H25IN6O2S2. The van der Waals surface area contributed by atoms with Crippen LogP contribution in [0.1, 0.15) is 45.1 Å². The van der Waals surface area contributed by atoms with Crippen molar-refractivity contribution < 1.29 is 9.59 Å². The van der Waals surface area contributed by atoms with E-state index >= 15 is 0 Å². The van der Waals surface area contributed by atoms with Crippen LogP contribution in [-0.4, -0.2) is 53.0 Å². The Hall–Kier alpha value is -2.09. The number of benzene rings is 1. The first-order valence-corrected chi connectivity index (χ1v) is 15.4. The zero-order valence-electron chi connectivity index (χ0n) is 18.4. The second kappa shape index (κ2) is 10.3. The summed E-state index contributed by atoms with van der Waals surface area (Å²) in [6.07, 6.45) is 6.69. The van der Waals surface area contributed by atoms with Gasteiger partial charge in [-0.1, -0.05) is 6.08 Å². The van der Waals surface area contributed by atoms with Crippen LogP contribution >= 0.6 is 41.7 Å². The van der Waals surface area contributed by atoms with Gasteiger partial charge in [0.05, 0.1) is 16.8 Å². The number of carbonyl (C=O) groups is 2. The topological polar surface area (TPSA) is 105 Å². The fraction of sp³-hybridized carbons (Fsp3) is 0.348. The molecule has 1 saturated heterocycles. The average molecular weight is 609 g/mol. The van der Waals surface area contributed by atoms with E-state index in [9.17, 15) is 9.59 Å². The maximum Gasteiger partial charge on any atom is 0.280 e. The van der Waals surface area contributed by atoms with Gasteiger partial charge in [-0.3, -0.25) is 13.6 Å². The van der Waals surface area contributed by atoms with E-state index in [4.69, 9.17) is 5.73 Å². The number of nitrogens with two attached hydrogens (primary N) is 1. The quantitative estimate of drug-likeness (QED) is 0.368. The van der Waals surface area contributed by atoms with Crippen LogP contribution in [0.2, 0.25) is 0 Å². The van der Waals surface area contributed by atoms with Gasteiger partial charge in [0.2, 0.25) is 0 Å². The summed E-state index contributed by atoms with van der Waals surface area (Å²) in [6.45, 7) is 3.36. The number of hydrogen-bond donors (Lipinski definition) is 3. The molecule has 5 rings (SSSR count). The number of anilines is 1. The molecule has 0 radical (unpaired) electrons. The maximum absolute atomic E-state index is 12.6. The van der Waals surface area contributed by atoms with Crippen LogP contribution < -0.4 is 21.3 Å². The van der Waals surface area contributed by atoms with Crippen LogP contribution in [0.15, 0.2) is 35.9 Å². The fourth-order valence-electron chi connectivity index (χ4n) is 4.80. The van der Waals surface area contributed by atoms with Crippen LogP contribution in [0.5, 0.6) is 0 Å². The molecule has 1 fully saturated rings. The van der Waals surface area contributed by atoms with Crippen LogP contribution in [0.4, 0.5) is 5.69 Å². The van der Waals surface area contributed by atoms with E-state index in [1.165, 1.54) is 16.9 Å². The van der Waals surface area contributed by atoms with E-state index in [0.29, 0.717) is 17.1 Å². The molecule has 34 heavy (non-hydrogen) atoms. The van der Waals surface area contributed by atoms with Gasteiger partial charge in [0.15, 0.2) is 5.01 Å². The van der Waals surface area contributed by atoms with Crippen LogP contribution in [-0.2, 0) is 0 Å². The summed E-state index contributed by atoms with van der Waals surface area (Å²) in [7, 11) is 1.56. The van der Waals surface area contributed by atoms with Crippen molar-refractivity contribution in [2.75, 3.05) is 31.1 Å². The summed E-state index contributed by atoms with van der Waals surface area (Å²) in [5.74, 6) is -0.553. The number of nitrogens with one attached hydrogen (secondary N) is 2. The summed E-state index contributed by atoms with van der Waals surface area (Å²) in [5.41, 5.74) is 10.6. The number of halogens is 1. The van der Waals surface area contributed by atoms with E-state index in [-0.39, 0.29) is 11.9 Å². The van der Waals surface area contributed by atoms with Gasteiger partial charge in [-0.15, -0.1) is 11.3 Å². The summed E-state index contributed by atoms with van der Waals surface area (Å²) in [6, 6.07) is 6.05. The standard InChI is InChI=1S/C23H25IN6O2S2/c24-34-30-19(14-5-7-26-8-6-14)12-17-18(4-3-16(20(17)30)21(25)31)29-10-1-2-15(13-29)28-22(32)23-27-9-11-33-23/h3-5,9,11-12,15,26H,1-2,6-8,10,13H2,(H2,25,31)(H,28,32)/t15-/m1/s1. The first-order valence-electron chi connectivity index (χ1n) is 11.2. The number of fused-ring (bicyclic) bond motifs is 1. The summed E-state index contributed by atoms with van der Waals surface area (Å²) < 4.78 is 2.13. The number of aromatic nitrogens is 2. The van der Waals surface area contributed by atoms with Crippen LogP contribution in [0, 0.1) is 0 Å². The minimum Gasteiger partial charge on any atom is -0.369 e. The SMILES string of the molecule is NC(=O)c1ccc(N2CCC[C@@H](NC(=O)c3nccs3)C2)c2cc(C3=CCNCC3)n(SI)c12. The number of thiazole rings is 1. The minimum absolute atomic E-state index is 0.0312. The largest absolute Gasteiger partial charge is 0.369 e. The maximum atomic E-state index is 12.6. The normalized spacial score (nSPS) is 18.7. The fourth-order valence-corrected chi connectivity index (χ4v) is 7.07. The van der Waals surface area contributed by atoms with Gasteiger partial charge < -0.3 is 21.3 Å². The predicted molar refractivity (Wildman–Crippen MR) is 148 cm³/mol. The smallest absolute Gasteiger partial charge is 0.280 e. The Morgan fingerprint density at radius 2 is 2.24 bits per heavy atom. The molecule has 0 spiro atoms. The zero-order chi connectivity index (χ0) is 23.7. The van der Waals surface area contributed by atoms with E-state index < -0.39 is 5.91 Å². The molecule has 0 saturated carbocycles. The summed E-state index contributed by atoms with van der Waals surface area (Å²) in [5, 5.41) is 9.82. The molecule has 4 N–H and O–H groups in total. The third kappa shape index (κ3) is 4.58. The Balaban J connectivity index is 1.52. The van der Waals surface area contributed by atoms with Crippen molar-refractivity contribution in [3.8, 4) is 0 Å². The molecule has 2 amide bonds. The van der Waals surface area contributed by atoms with Crippen LogP contribution in [0.3, 0.4) is 0 Å². The lowest BCUT2D eigenvalue weighted by Crippen LogP contribution is -2.47. The van der Waals surface area contributed by atoms with E-state index in [1.807, 2.05) is 17.5 Å². The van der Waals surface area contributed by atoms with Crippen molar-refractivity contribution in [1.82, 2.24) is 19.6 Å². The molecule has 2 aliphatic rings. The number of carbonyl (C=O) groups excluding carboxylic acids is 2. The summed E-state index contributed by atoms with van der Waals surface area (Å²) >= 11 is 3.61. The molecule has 3 aromatic rings. The molecule has 178 valence electrons. The number of piperidine rings is 1. The van der Waals surface area contributed by atoms with Crippen molar-refractivity contribution in [2.24, 2.45) is 5.73 Å². The molecule has 8 nitrogen and oxygen atoms in total. The molecule has 11 heteroatoms. The van der Waals surface area contributed by atoms with Crippen molar-refractivity contribution in [2.45, 2.75) is 25.3 Å². The first-order chi connectivity index (χ1) is 16.6. The first kappa shape index (κ1) is 23.6. The molecule has 0 unspecified atom stereocenters. The molecule has 0 aliphatic carbocycles. The number of primary amides is 1. The molecule has 0 bridgehead atoms. The Morgan fingerprint density at radius 3 is 2.94 bits per heavy atom. The number of hydrogen-bond acceptors (Lipinski definition) is 7.